The summed E-state index contributed by atoms with van der Waals surface area (Å²) in [6.45, 7) is 3.20. The lowest BCUT2D eigenvalue weighted by Crippen LogP contribution is -1.99. The van der Waals surface area contributed by atoms with Crippen LogP contribution in [0.2, 0.25) is 0 Å². The first-order chi connectivity index (χ1) is 11.9. The molecule has 25 heavy (non-hydrogen) atoms. The van der Waals surface area contributed by atoms with Crippen molar-refractivity contribution in [3.05, 3.63) is 38.4 Å². The van der Waals surface area contributed by atoms with Gasteiger partial charge in [-0.25, -0.2) is 4.98 Å². The standard InChI is InChI=1S/C15H16N4O5S/c1-8-14(9(2)20)25-15(17-8)18-16-7-10-5-11(19(21)22)13(24-4)12(6-10)23-3/h5-7H,1-4H3,(H,17,18)/b16-7-. The van der Waals surface area contributed by atoms with Gasteiger partial charge in [0.15, 0.2) is 11.5 Å². The van der Waals surface area contributed by atoms with Gasteiger partial charge in [-0.05, 0) is 13.0 Å². The van der Waals surface area contributed by atoms with Gasteiger partial charge in [0.2, 0.25) is 10.9 Å². The van der Waals surface area contributed by atoms with Gasteiger partial charge in [0.25, 0.3) is 0 Å². The van der Waals surface area contributed by atoms with Gasteiger partial charge in [-0.2, -0.15) is 5.10 Å². The Hall–Kier alpha value is -3.01. The van der Waals surface area contributed by atoms with Gasteiger partial charge >= 0.3 is 5.69 Å². The second-order valence-corrected chi connectivity index (χ2v) is 5.89. The van der Waals surface area contributed by atoms with E-state index in [9.17, 15) is 14.9 Å². The molecule has 1 aromatic heterocycles. The first kappa shape index (κ1) is 18.3. The summed E-state index contributed by atoms with van der Waals surface area (Å²) in [5, 5.41) is 15.6. The predicted molar refractivity (Wildman–Crippen MR) is 94.3 cm³/mol. The van der Waals surface area contributed by atoms with Crippen LogP contribution in [0.4, 0.5) is 10.8 Å². The Kier molecular flexibility index (Phi) is 5.65. The van der Waals surface area contributed by atoms with Crippen LogP contribution in [-0.4, -0.2) is 36.1 Å². The minimum atomic E-state index is -0.560. The van der Waals surface area contributed by atoms with Crippen molar-refractivity contribution in [2.24, 2.45) is 5.10 Å². The molecule has 132 valence electrons. The Morgan fingerprint density at radius 2 is 2.12 bits per heavy atom. The number of aromatic nitrogens is 1. The van der Waals surface area contributed by atoms with Crippen LogP contribution in [0.25, 0.3) is 0 Å². The third-order valence-electron chi connectivity index (χ3n) is 3.17. The zero-order valence-corrected chi connectivity index (χ0v) is 14.8. The number of anilines is 1. The zero-order valence-electron chi connectivity index (χ0n) is 14.0. The number of benzene rings is 1. The number of aryl methyl sites for hydroxylation is 1. The van der Waals surface area contributed by atoms with Crippen LogP contribution < -0.4 is 14.9 Å². The summed E-state index contributed by atoms with van der Waals surface area (Å²) in [6, 6.07) is 2.88. The normalized spacial score (nSPS) is 10.7. The van der Waals surface area contributed by atoms with Crippen LogP contribution in [0.3, 0.4) is 0 Å². The van der Waals surface area contributed by atoms with E-state index >= 15 is 0 Å². The van der Waals surface area contributed by atoms with Crippen LogP contribution in [-0.2, 0) is 0 Å². The van der Waals surface area contributed by atoms with Crippen molar-refractivity contribution < 1.29 is 19.2 Å². The number of Topliss-reactive ketones (excluding diaryl/α,β-unsaturated/α-hetero) is 1. The van der Waals surface area contributed by atoms with Gasteiger partial charge in [0, 0.05) is 18.6 Å². The highest BCUT2D eigenvalue weighted by Crippen LogP contribution is 2.37. The molecule has 0 aliphatic carbocycles. The molecule has 2 rings (SSSR count). The highest BCUT2D eigenvalue weighted by molar-refractivity contribution is 7.17. The van der Waals surface area contributed by atoms with E-state index in [-0.39, 0.29) is 23.0 Å². The minimum Gasteiger partial charge on any atom is -0.493 e. The molecule has 0 saturated heterocycles. The third-order valence-corrected chi connectivity index (χ3v) is 4.33. The van der Waals surface area contributed by atoms with Crippen LogP contribution in [0.1, 0.15) is 27.9 Å². The lowest BCUT2D eigenvalue weighted by molar-refractivity contribution is -0.385. The maximum absolute atomic E-state index is 11.4. The fraction of sp³-hybridized carbons (Fsp3) is 0.267. The Labute approximate surface area is 147 Å². The average molecular weight is 364 g/mol. The zero-order chi connectivity index (χ0) is 18.6. The largest absolute Gasteiger partial charge is 0.493 e. The van der Waals surface area contributed by atoms with Crippen LogP contribution >= 0.6 is 11.3 Å². The molecule has 0 unspecified atom stereocenters. The van der Waals surface area contributed by atoms with Crippen LogP contribution in [0.5, 0.6) is 11.5 Å². The molecule has 0 saturated carbocycles. The van der Waals surface area contributed by atoms with E-state index in [1.165, 1.54) is 44.8 Å². The lowest BCUT2D eigenvalue weighted by Gasteiger charge is -2.08. The lowest BCUT2D eigenvalue weighted by atomic mass is 10.2. The number of hydrogen-bond donors (Lipinski definition) is 1. The van der Waals surface area contributed by atoms with Gasteiger partial charge in [-0.15, -0.1) is 0 Å². The summed E-state index contributed by atoms with van der Waals surface area (Å²) in [6.07, 6.45) is 1.39. The molecule has 9 nitrogen and oxygen atoms in total. The van der Waals surface area contributed by atoms with Gasteiger partial charge in [-0.3, -0.25) is 20.3 Å². The molecule has 0 fully saturated rings. The number of nitrogens with zero attached hydrogens (tertiary/aromatic N) is 3. The van der Waals surface area contributed by atoms with E-state index < -0.39 is 4.92 Å². The van der Waals surface area contributed by atoms with Crippen LogP contribution in [0, 0.1) is 17.0 Å². The van der Waals surface area contributed by atoms with Crippen molar-refractivity contribution in [3.63, 3.8) is 0 Å². The molecule has 0 atom stereocenters. The number of nitro groups is 1. The predicted octanol–water partition coefficient (Wildman–Crippen LogP) is 3.03. The molecule has 10 heteroatoms. The van der Waals surface area contributed by atoms with Gasteiger partial charge in [0.1, 0.15) is 0 Å². The Balaban J connectivity index is 2.26. The molecule has 1 N–H and O–H groups in total. The summed E-state index contributed by atoms with van der Waals surface area (Å²) in [5.41, 5.74) is 3.54. The quantitative estimate of drug-likeness (QED) is 0.347. The number of carbonyl (C=O) groups excluding carboxylic acids is 1. The molecule has 1 aromatic carbocycles. The Bertz CT molecular complexity index is 847. The second-order valence-electron chi connectivity index (χ2n) is 4.89. The molecule has 1 heterocycles. The molecule has 0 spiro atoms. The molecular weight excluding hydrogens is 348 g/mol. The number of nitro benzene ring substituents is 1. The summed E-state index contributed by atoms with van der Waals surface area (Å²) in [7, 11) is 2.72. The topological polar surface area (TPSA) is 116 Å². The Morgan fingerprint density at radius 3 is 2.64 bits per heavy atom. The number of methoxy groups -OCH3 is 2. The smallest absolute Gasteiger partial charge is 0.315 e. The van der Waals surface area contributed by atoms with E-state index in [0.717, 1.165) is 0 Å². The van der Waals surface area contributed by atoms with E-state index in [0.29, 0.717) is 21.3 Å². The van der Waals surface area contributed by atoms with E-state index in [1.54, 1.807) is 13.0 Å². The molecule has 2 aromatic rings. The van der Waals surface area contributed by atoms with Gasteiger partial charge in [0.05, 0.1) is 35.9 Å². The van der Waals surface area contributed by atoms with Gasteiger partial charge < -0.3 is 9.47 Å². The van der Waals surface area contributed by atoms with Crippen molar-refractivity contribution in [2.45, 2.75) is 13.8 Å². The fourth-order valence-corrected chi connectivity index (χ4v) is 2.92. The maximum atomic E-state index is 11.4. The van der Waals surface area contributed by atoms with Gasteiger partial charge in [-0.1, -0.05) is 11.3 Å². The van der Waals surface area contributed by atoms with Crippen molar-refractivity contribution in [1.29, 1.82) is 0 Å². The highest BCUT2D eigenvalue weighted by atomic mass is 32.1. The molecule has 0 aliphatic heterocycles. The molecule has 0 amide bonds. The molecule has 0 aliphatic rings. The number of ether oxygens (including phenoxy) is 2. The third kappa shape index (κ3) is 4.10. The molecular formula is C15H16N4O5S. The van der Waals surface area contributed by atoms with Crippen molar-refractivity contribution in [3.8, 4) is 11.5 Å². The van der Waals surface area contributed by atoms with Crippen LogP contribution in [0.15, 0.2) is 17.2 Å². The van der Waals surface area contributed by atoms with E-state index in [1.807, 2.05) is 0 Å². The fourth-order valence-electron chi connectivity index (χ4n) is 2.11. The van der Waals surface area contributed by atoms with Crippen molar-refractivity contribution in [1.82, 2.24) is 4.98 Å². The minimum absolute atomic E-state index is 0.0410. The Morgan fingerprint density at radius 1 is 1.40 bits per heavy atom. The summed E-state index contributed by atoms with van der Waals surface area (Å²) >= 11 is 1.19. The van der Waals surface area contributed by atoms with E-state index in [4.69, 9.17) is 9.47 Å². The SMILES string of the molecule is COc1cc(/C=N\Nc2nc(C)c(C(C)=O)s2)cc([N+](=O)[O-])c1OC. The molecule has 0 radical (unpaired) electrons. The van der Waals surface area contributed by atoms with E-state index in [2.05, 4.69) is 15.5 Å². The number of hydrogen-bond acceptors (Lipinski definition) is 9. The second kappa shape index (κ2) is 7.71. The highest BCUT2D eigenvalue weighted by Gasteiger charge is 2.21. The number of ketones is 1. The molecule has 0 bridgehead atoms. The number of carbonyl (C=O) groups is 1. The van der Waals surface area contributed by atoms with Crippen molar-refractivity contribution in [2.75, 3.05) is 19.6 Å². The summed E-state index contributed by atoms with van der Waals surface area (Å²) in [4.78, 5) is 26.8. The summed E-state index contributed by atoms with van der Waals surface area (Å²) < 4.78 is 10.1. The number of nitrogens with one attached hydrogen (secondary N) is 1. The first-order valence-electron chi connectivity index (χ1n) is 7.05. The monoisotopic (exact) mass is 364 g/mol. The average Bonchev–Trinajstić information content (AvgIpc) is 2.94. The number of hydrazone groups is 1. The first-order valence-corrected chi connectivity index (χ1v) is 7.86. The van der Waals surface area contributed by atoms with Crippen molar-refractivity contribution >= 4 is 34.2 Å². The number of thiazole rings is 1. The number of rotatable bonds is 7. The summed E-state index contributed by atoms with van der Waals surface area (Å²) in [5.74, 6) is 0.198. The maximum Gasteiger partial charge on any atom is 0.315 e.